The van der Waals surface area contributed by atoms with Crippen LogP contribution >= 0.6 is 11.3 Å². The van der Waals surface area contributed by atoms with Crippen molar-refractivity contribution in [1.29, 1.82) is 0 Å². The van der Waals surface area contributed by atoms with Crippen molar-refractivity contribution in [3.05, 3.63) is 11.1 Å². The van der Waals surface area contributed by atoms with Crippen LogP contribution in [0.5, 0.6) is 0 Å². The second kappa shape index (κ2) is 5.88. The fourth-order valence-corrected chi connectivity index (χ4v) is 3.19. The Labute approximate surface area is 121 Å². The number of carboxylic acids is 1. The highest BCUT2D eigenvalue weighted by molar-refractivity contribution is 7.13. The van der Waals surface area contributed by atoms with Gasteiger partial charge in [0.25, 0.3) is 0 Å². The van der Waals surface area contributed by atoms with Gasteiger partial charge in [-0.05, 0) is 26.3 Å². The molecule has 0 aliphatic carbocycles. The van der Waals surface area contributed by atoms with Crippen LogP contribution in [0.15, 0.2) is 5.38 Å². The van der Waals surface area contributed by atoms with Gasteiger partial charge >= 0.3 is 5.97 Å². The molecular formula is C13H19N3O3S. The first-order valence-electron chi connectivity index (χ1n) is 6.63. The van der Waals surface area contributed by atoms with Crippen molar-refractivity contribution >= 4 is 28.3 Å². The molecule has 1 aromatic rings. The van der Waals surface area contributed by atoms with E-state index in [2.05, 4.69) is 10.3 Å². The molecule has 1 aliphatic rings. The van der Waals surface area contributed by atoms with Crippen molar-refractivity contribution in [2.75, 3.05) is 25.0 Å². The van der Waals surface area contributed by atoms with Gasteiger partial charge in [0, 0.05) is 11.9 Å². The van der Waals surface area contributed by atoms with E-state index in [-0.39, 0.29) is 12.5 Å². The minimum atomic E-state index is -0.765. The van der Waals surface area contributed by atoms with Crippen molar-refractivity contribution in [2.45, 2.75) is 26.7 Å². The van der Waals surface area contributed by atoms with Gasteiger partial charge in [-0.25, -0.2) is 4.98 Å². The number of aliphatic carboxylic acids is 1. The highest BCUT2D eigenvalue weighted by atomic mass is 32.1. The summed E-state index contributed by atoms with van der Waals surface area (Å²) in [7, 11) is 0. The van der Waals surface area contributed by atoms with Crippen molar-refractivity contribution in [1.82, 2.24) is 9.88 Å². The van der Waals surface area contributed by atoms with E-state index in [4.69, 9.17) is 0 Å². The number of carboxylic acid groups (broad SMARTS) is 1. The van der Waals surface area contributed by atoms with Crippen molar-refractivity contribution in [2.24, 2.45) is 5.41 Å². The molecule has 20 heavy (non-hydrogen) atoms. The van der Waals surface area contributed by atoms with Crippen LogP contribution in [0.2, 0.25) is 0 Å². The summed E-state index contributed by atoms with van der Waals surface area (Å²) in [5, 5.41) is 14.5. The van der Waals surface area contributed by atoms with Crippen LogP contribution in [-0.4, -0.2) is 46.5 Å². The molecule has 0 aromatic carbocycles. The van der Waals surface area contributed by atoms with Gasteiger partial charge in [0.2, 0.25) is 5.91 Å². The van der Waals surface area contributed by atoms with Crippen molar-refractivity contribution in [3.63, 3.8) is 0 Å². The van der Waals surface area contributed by atoms with Gasteiger partial charge in [0.05, 0.1) is 17.7 Å². The number of nitrogens with zero attached hydrogens (tertiary/aromatic N) is 2. The number of carbonyl (C=O) groups excluding carboxylic acids is 1. The number of aryl methyl sites for hydroxylation is 1. The van der Waals surface area contributed by atoms with E-state index in [0.717, 1.165) is 5.69 Å². The summed E-state index contributed by atoms with van der Waals surface area (Å²) in [6.45, 7) is 5.05. The van der Waals surface area contributed by atoms with Gasteiger partial charge in [-0.3, -0.25) is 14.5 Å². The minimum Gasteiger partial charge on any atom is -0.481 e. The van der Waals surface area contributed by atoms with E-state index in [1.54, 1.807) is 0 Å². The first-order chi connectivity index (χ1) is 9.45. The quantitative estimate of drug-likeness (QED) is 0.862. The molecule has 0 saturated carbocycles. The molecule has 2 rings (SSSR count). The molecule has 1 amide bonds. The zero-order valence-electron chi connectivity index (χ0n) is 11.7. The van der Waals surface area contributed by atoms with E-state index in [9.17, 15) is 14.7 Å². The number of hydrogen-bond donors (Lipinski definition) is 2. The Bertz CT molecular complexity index is 517. The van der Waals surface area contributed by atoms with Gasteiger partial charge in [0.15, 0.2) is 5.13 Å². The summed E-state index contributed by atoms with van der Waals surface area (Å²) in [6, 6.07) is 0. The molecule has 6 nitrogen and oxygen atoms in total. The summed E-state index contributed by atoms with van der Waals surface area (Å²) in [5.74, 6) is -0.907. The number of thiazole rings is 1. The lowest BCUT2D eigenvalue weighted by Gasteiger charge is -2.22. The Hall–Kier alpha value is -1.47. The molecule has 1 atom stereocenters. The molecule has 0 radical (unpaired) electrons. The third kappa shape index (κ3) is 3.16. The number of anilines is 1. The van der Waals surface area contributed by atoms with Gasteiger partial charge in [0.1, 0.15) is 0 Å². The first kappa shape index (κ1) is 14.9. The smallest absolute Gasteiger partial charge is 0.310 e. The fraction of sp³-hybridized carbons (Fsp3) is 0.615. The number of rotatable bonds is 5. The summed E-state index contributed by atoms with van der Waals surface area (Å²) in [6.07, 6.45) is 1.19. The Morgan fingerprint density at radius 1 is 1.60 bits per heavy atom. The zero-order valence-corrected chi connectivity index (χ0v) is 12.5. The van der Waals surface area contributed by atoms with Gasteiger partial charge < -0.3 is 10.4 Å². The topological polar surface area (TPSA) is 82.5 Å². The molecule has 1 saturated heterocycles. The lowest BCUT2D eigenvalue weighted by Crippen LogP contribution is -2.37. The van der Waals surface area contributed by atoms with Crippen LogP contribution in [-0.2, 0) is 9.59 Å². The third-order valence-electron chi connectivity index (χ3n) is 3.80. The Morgan fingerprint density at radius 2 is 2.35 bits per heavy atom. The number of likely N-dealkylation sites (tertiary alicyclic amines) is 1. The highest BCUT2D eigenvalue weighted by Gasteiger charge is 2.43. The maximum atomic E-state index is 11.9. The van der Waals surface area contributed by atoms with Crippen LogP contribution in [0, 0.1) is 12.3 Å². The minimum absolute atomic E-state index is 0.142. The molecule has 2 heterocycles. The molecule has 110 valence electrons. The summed E-state index contributed by atoms with van der Waals surface area (Å²) < 4.78 is 0. The molecular weight excluding hydrogens is 278 g/mol. The molecule has 1 unspecified atom stereocenters. The average molecular weight is 297 g/mol. The van der Waals surface area contributed by atoms with Crippen molar-refractivity contribution < 1.29 is 14.7 Å². The van der Waals surface area contributed by atoms with E-state index >= 15 is 0 Å². The third-order valence-corrected chi connectivity index (χ3v) is 4.67. The number of hydrogen-bond acceptors (Lipinski definition) is 5. The van der Waals surface area contributed by atoms with E-state index in [0.29, 0.717) is 31.1 Å². The van der Waals surface area contributed by atoms with Crippen LogP contribution in [0.25, 0.3) is 0 Å². The molecule has 1 fully saturated rings. The van der Waals surface area contributed by atoms with Crippen LogP contribution in [0.3, 0.4) is 0 Å². The standard InChI is InChI=1S/C13H19N3O3S/c1-3-13(11(18)19)4-5-16(8-13)6-10(17)15-12-14-9(2)7-20-12/h7H,3-6,8H2,1-2H3,(H,18,19)(H,14,15,17). The summed E-state index contributed by atoms with van der Waals surface area (Å²) >= 11 is 1.39. The Kier molecular flexibility index (Phi) is 4.39. The molecule has 0 bridgehead atoms. The lowest BCUT2D eigenvalue weighted by molar-refractivity contribution is -0.148. The normalized spacial score (nSPS) is 22.9. The predicted octanol–water partition coefficient (Wildman–Crippen LogP) is 1.58. The van der Waals surface area contributed by atoms with Crippen LogP contribution < -0.4 is 5.32 Å². The Balaban J connectivity index is 1.88. The summed E-state index contributed by atoms with van der Waals surface area (Å²) in [4.78, 5) is 29.3. The van der Waals surface area contributed by atoms with Crippen LogP contribution in [0.1, 0.15) is 25.5 Å². The van der Waals surface area contributed by atoms with Crippen LogP contribution in [0.4, 0.5) is 5.13 Å². The lowest BCUT2D eigenvalue weighted by atomic mass is 9.84. The maximum absolute atomic E-state index is 11.9. The monoisotopic (exact) mass is 297 g/mol. The molecule has 1 aliphatic heterocycles. The van der Waals surface area contributed by atoms with E-state index in [1.807, 2.05) is 24.1 Å². The largest absolute Gasteiger partial charge is 0.481 e. The number of nitrogens with one attached hydrogen (secondary N) is 1. The van der Waals surface area contributed by atoms with Gasteiger partial charge in [-0.2, -0.15) is 0 Å². The second-order valence-corrected chi connectivity index (χ2v) is 6.10. The van der Waals surface area contributed by atoms with Gasteiger partial charge in [-0.1, -0.05) is 6.92 Å². The summed E-state index contributed by atoms with van der Waals surface area (Å²) in [5.41, 5.74) is 0.181. The maximum Gasteiger partial charge on any atom is 0.310 e. The molecule has 2 N–H and O–H groups in total. The predicted molar refractivity (Wildman–Crippen MR) is 76.9 cm³/mol. The molecule has 0 spiro atoms. The van der Waals surface area contributed by atoms with Crippen molar-refractivity contribution in [3.8, 4) is 0 Å². The molecule has 7 heteroatoms. The second-order valence-electron chi connectivity index (χ2n) is 5.24. The first-order valence-corrected chi connectivity index (χ1v) is 7.51. The van der Waals surface area contributed by atoms with E-state index < -0.39 is 11.4 Å². The average Bonchev–Trinajstić information content (AvgIpc) is 2.97. The number of carbonyl (C=O) groups is 2. The van der Waals surface area contributed by atoms with E-state index in [1.165, 1.54) is 11.3 Å². The fourth-order valence-electron chi connectivity index (χ4n) is 2.48. The van der Waals surface area contributed by atoms with Gasteiger partial charge in [-0.15, -0.1) is 11.3 Å². The Morgan fingerprint density at radius 3 is 2.85 bits per heavy atom. The molecule has 1 aromatic heterocycles. The SMILES string of the molecule is CCC1(C(=O)O)CCN(CC(=O)Nc2nc(C)cs2)C1. The highest BCUT2D eigenvalue weighted by Crippen LogP contribution is 2.33. The zero-order chi connectivity index (χ0) is 14.8. The number of aromatic nitrogens is 1. The number of amides is 1.